The van der Waals surface area contributed by atoms with Gasteiger partial charge in [-0.15, -0.1) is 0 Å². The van der Waals surface area contributed by atoms with Crippen molar-refractivity contribution in [1.29, 1.82) is 0 Å². The second kappa shape index (κ2) is 12.4. The van der Waals surface area contributed by atoms with Crippen molar-refractivity contribution in [3.05, 3.63) is 35.9 Å². The number of carbonyl (C=O) groups is 1. The van der Waals surface area contributed by atoms with Crippen LogP contribution in [0.3, 0.4) is 0 Å². The zero-order valence-electron chi connectivity index (χ0n) is 14.6. The molecule has 0 fully saturated rings. The van der Waals surface area contributed by atoms with E-state index in [0.717, 1.165) is 37.5 Å². The van der Waals surface area contributed by atoms with E-state index in [4.69, 9.17) is 0 Å². The number of benzene rings is 1. The fourth-order valence-electron chi connectivity index (χ4n) is 2.24. The van der Waals surface area contributed by atoms with Crippen molar-refractivity contribution < 1.29 is 14.6 Å². The number of aliphatic hydroxyl groups excluding tert-OH is 1. The number of carbonyl (C=O) groups excluding carboxylic acids is 1. The van der Waals surface area contributed by atoms with Gasteiger partial charge in [0, 0.05) is 25.4 Å². The highest BCUT2D eigenvalue weighted by Gasteiger charge is 2.09. The maximum Gasteiger partial charge on any atom is 0.305 e. The second-order valence-electron chi connectivity index (χ2n) is 5.47. The Labute approximate surface area is 144 Å². The fourth-order valence-corrected chi connectivity index (χ4v) is 2.24. The number of hydrogen-bond donors (Lipinski definition) is 3. The van der Waals surface area contributed by atoms with Crippen molar-refractivity contribution in [2.45, 2.75) is 32.1 Å². The summed E-state index contributed by atoms with van der Waals surface area (Å²) in [5.74, 6) is 0.537. The Morgan fingerprint density at radius 3 is 2.62 bits per heavy atom. The van der Waals surface area contributed by atoms with E-state index < -0.39 is 0 Å². The van der Waals surface area contributed by atoms with E-state index in [-0.39, 0.29) is 18.5 Å². The third kappa shape index (κ3) is 7.97. The molecule has 1 rings (SSSR count). The van der Waals surface area contributed by atoms with Gasteiger partial charge in [-0.25, -0.2) is 0 Å². The summed E-state index contributed by atoms with van der Waals surface area (Å²) in [6.07, 6.45) is 2.08. The number of aliphatic hydroxyl groups is 1. The zero-order chi connectivity index (χ0) is 17.6. The van der Waals surface area contributed by atoms with Crippen LogP contribution in [0.1, 0.15) is 37.7 Å². The molecule has 0 radical (unpaired) electrons. The Morgan fingerprint density at radius 1 is 1.25 bits per heavy atom. The van der Waals surface area contributed by atoms with Crippen LogP contribution in [0.5, 0.6) is 0 Å². The largest absolute Gasteiger partial charge is 0.469 e. The van der Waals surface area contributed by atoms with Gasteiger partial charge in [-0.2, -0.15) is 0 Å². The minimum absolute atomic E-state index is 0.0130. The van der Waals surface area contributed by atoms with Gasteiger partial charge in [0.05, 0.1) is 20.3 Å². The van der Waals surface area contributed by atoms with Crippen molar-refractivity contribution in [3.8, 4) is 0 Å². The lowest BCUT2D eigenvalue weighted by Gasteiger charge is -2.15. The number of nitrogens with one attached hydrogen (secondary N) is 2. The molecule has 0 heterocycles. The summed E-state index contributed by atoms with van der Waals surface area (Å²) in [5, 5.41) is 16.0. The Morgan fingerprint density at radius 2 is 2.00 bits per heavy atom. The number of nitrogens with zero attached hydrogens (tertiary/aromatic N) is 1. The van der Waals surface area contributed by atoms with Gasteiger partial charge in [0.2, 0.25) is 0 Å². The van der Waals surface area contributed by atoms with E-state index in [1.165, 1.54) is 7.11 Å². The standard InChI is InChI=1S/C18H29N3O3/c1-3-19-18(20-12-8-7-11-17(23)24-2)21-13-16(14-22)15-9-5-4-6-10-15/h4-6,9-10,16,22H,3,7-8,11-14H2,1-2H3,(H2,19,20,21). The third-order valence-corrected chi connectivity index (χ3v) is 3.63. The Hall–Kier alpha value is -2.08. The molecule has 6 nitrogen and oxygen atoms in total. The van der Waals surface area contributed by atoms with E-state index in [1.807, 2.05) is 37.3 Å². The number of rotatable bonds is 10. The summed E-state index contributed by atoms with van der Waals surface area (Å²) in [6, 6.07) is 9.90. The molecule has 0 bridgehead atoms. The van der Waals surface area contributed by atoms with Gasteiger partial charge in [-0.1, -0.05) is 30.3 Å². The lowest BCUT2D eigenvalue weighted by Crippen LogP contribution is -2.38. The summed E-state index contributed by atoms with van der Waals surface area (Å²) in [4.78, 5) is 15.6. The number of aliphatic imine (C=N–C) groups is 1. The van der Waals surface area contributed by atoms with Gasteiger partial charge in [0.25, 0.3) is 0 Å². The van der Waals surface area contributed by atoms with E-state index >= 15 is 0 Å². The van der Waals surface area contributed by atoms with Crippen molar-refractivity contribution in [2.24, 2.45) is 4.99 Å². The molecule has 0 aliphatic heterocycles. The maximum absolute atomic E-state index is 11.1. The van der Waals surface area contributed by atoms with Gasteiger partial charge in [-0.05, 0) is 25.3 Å². The predicted molar refractivity (Wildman–Crippen MR) is 96.1 cm³/mol. The quantitative estimate of drug-likeness (QED) is 0.262. The third-order valence-electron chi connectivity index (χ3n) is 3.63. The first kappa shape index (κ1) is 20.0. The van der Waals surface area contributed by atoms with E-state index in [2.05, 4.69) is 20.4 Å². The molecule has 1 atom stereocenters. The number of ether oxygens (including phenoxy) is 1. The summed E-state index contributed by atoms with van der Waals surface area (Å²) in [5.41, 5.74) is 1.08. The molecular formula is C18H29N3O3. The molecule has 1 aromatic rings. The topological polar surface area (TPSA) is 83.0 Å². The molecule has 6 heteroatoms. The molecule has 3 N–H and O–H groups in total. The maximum atomic E-state index is 11.1. The van der Waals surface area contributed by atoms with Crippen LogP contribution in [0.4, 0.5) is 0 Å². The molecule has 0 amide bonds. The first-order chi connectivity index (χ1) is 11.7. The highest BCUT2D eigenvalue weighted by Crippen LogP contribution is 2.14. The predicted octanol–water partition coefficient (Wildman–Crippen LogP) is 1.66. The minimum Gasteiger partial charge on any atom is -0.469 e. The van der Waals surface area contributed by atoms with Crippen molar-refractivity contribution in [3.63, 3.8) is 0 Å². The van der Waals surface area contributed by atoms with Gasteiger partial charge in [0.1, 0.15) is 0 Å². The van der Waals surface area contributed by atoms with Gasteiger partial charge < -0.3 is 20.5 Å². The fraction of sp³-hybridized carbons (Fsp3) is 0.556. The zero-order valence-corrected chi connectivity index (χ0v) is 14.6. The molecular weight excluding hydrogens is 306 g/mol. The Balaban J connectivity index is 2.44. The average molecular weight is 335 g/mol. The minimum atomic E-state index is -0.177. The Kier molecular flexibility index (Phi) is 10.3. The molecule has 0 aliphatic rings. The van der Waals surface area contributed by atoms with Crippen LogP contribution in [-0.4, -0.2) is 50.4 Å². The van der Waals surface area contributed by atoms with E-state index in [1.54, 1.807) is 0 Å². The van der Waals surface area contributed by atoms with Gasteiger partial charge in [0.15, 0.2) is 5.96 Å². The molecule has 0 saturated carbocycles. The second-order valence-corrected chi connectivity index (χ2v) is 5.47. The number of methoxy groups -OCH3 is 1. The molecule has 0 saturated heterocycles. The number of esters is 1. The first-order valence-electron chi connectivity index (χ1n) is 8.46. The van der Waals surface area contributed by atoms with Crippen LogP contribution >= 0.6 is 0 Å². The first-order valence-corrected chi connectivity index (χ1v) is 8.46. The lowest BCUT2D eigenvalue weighted by atomic mass is 10.0. The van der Waals surface area contributed by atoms with Crippen LogP contribution < -0.4 is 10.6 Å². The van der Waals surface area contributed by atoms with Crippen molar-refractivity contribution in [2.75, 3.05) is 33.4 Å². The molecule has 0 aliphatic carbocycles. The molecule has 24 heavy (non-hydrogen) atoms. The van der Waals surface area contributed by atoms with Crippen LogP contribution in [0.15, 0.2) is 35.3 Å². The molecule has 1 aromatic carbocycles. The normalized spacial score (nSPS) is 12.5. The van der Waals surface area contributed by atoms with Crippen LogP contribution in [0.2, 0.25) is 0 Å². The van der Waals surface area contributed by atoms with Gasteiger partial charge in [-0.3, -0.25) is 9.79 Å². The number of unbranched alkanes of at least 4 members (excludes halogenated alkanes) is 1. The number of hydrogen-bond acceptors (Lipinski definition) is 4. The monoisotopic (exact) mass is 335 g/mol. The molecule has 1 unspecified atom stereocenters. The van der Waals surface area contributed by atoms with E-state index in [9.17, 15) is 9.90 Å². The SMILES string of the molecule is CCNC(=NCC(CO)c1ccccc1)NCCCCC(=O)OC. The molecule has 0 spiro atoms. The number of guanidine groups is 1. The van der Waals surface area contributed by atoms with Crippen LogP contribution in [-0.2, 0) is 9.53 Å². The van der Waals surface area contributed by atoms with Gasteiger partial charge >= 0.3 is 5.97 Å². The summed E-state index contributed by atoms with van der Waals surface area (Å²) >= 11 is 0. The summed E-state index contributed by atoms with van der Waals surface area (Å²) in [6.45, 7) is 4.08. The highest BCUT2D eigenvalue weighted by atomic mass is 16.5. The van der Waals surface area contributed by atoms with E-state index in [0.29, 0.717) is 13.0 Å². The average Bonchev–Trinajstić information content (AvgIpc) is 2.62. The van der Waals surface area contributed by atoms with Crippen LogP contribution in [0.25, 0.3) is 0 Å². The lowest BCUT2D eigenvalue weighted by molar-refractivity contribution is -0.140. The van der Waals surface area contributed by atoms with Crippen molar-refractivity contribution >= 4 is 11.9 Å². The van der Waals surface area contributed by atoms with Crippen LogP contribution in [0, 0.1) is 0 Å². The summed E-state index contributed by atoms with van der Waals surface area (Å²) < 4.78 is 4.62. The Bertz CT molecular complexity index is 492. The van der Waals surface area contributed by atoms with Crippen molar-refractivity contribution in [1.82, 2.24) is 10.6 Å². The smallest absolute Gasteiger partial charge is 0.305 e. The highest BCUT2D eigenvalue weighted by molar-refractivity contribution is 5.79. The molecule has 134 valence electrons. The summed E-state index contributed by atoms with van der Waals surface area (Å²) in [7, 11) is 1.40. The molecule has 0 aromatic heterocycles.